The molecule has 2 atom stereocenters. The Morgan fingerprint density at radius 1 is 0.508 bits per heavy atom. The van der Waals surface area contributed by atoms with Crippen LogP contribution in [-0.4, -0.2) is 9.13 Å². The Morgan fingerprint density at radius 3 is 1.93 bits per heavy atom. The highest BCUT2D eigenvalue weighted by atomic mass is 15.0. The Kier molecular flexibility index (Phi) is 8.70. The summed E-state index contributed by atoms with van der Waals surface area (Å²) in [5, 5.41) is 5.05. The van der Waals surface area contributed by atoms with Crippen molar-refractivity contribution in [3.63, 3.8) is 0 Å². The maximum Gasteiger partial charge on any atom is 0.0616 e. The molecule has 0 N–H and O–H groups in total. The van der Waals surface area contributed by atoms with Gasteiger partial charge in [0.25, 0.3) is 0 Å². The van der Waals surface area contributed by atoms with E-state index in [2.05, 4.69) is 228 Å². The van der Waals surface area contributed by atoms with Crippen LogP contribution in [0.5, 0.6) is 0 Å². The van der Waals surface area contributed by atoms with E-state index in [0.717, 1.165) is 18.5 Å². The second kappa shape index (κ2) is 14.7. The third-order valence-electron chi connectivity index (χ3n) is 12.5. The normalized spacial score (nSPS) is 16.7. The second-order valence-electron chi connectivity index (χ2n) is 15.9. The van der Waals surface area contributed by atoms with Crippen LogP contribution in [0.4, 0.5) is 0 Å². The van der Waals surface area contributed by atoms with Crippen molar-refractivity contribution in [2.75, 3.05) is 0 Å². The molecule has 0 radical (unpaired) electrons. The van der Waals surface area contributed by atoms with E-state index in [9.17, 15) is 0 Å². The molecule has 2 unspecified atom stereocenters. The fourth-order valence-corrected chi connectivity index (χ4v) is 9.65. The van der Waals surface area contributed by atoms with Crippen LogP contribution in [0.3, 0.4) is 0 Å². The van der Waals surface area contributed by atoms with Gasteiger partial charge >= 0.3 is 0 Å². The summed E-state index contributed by atoms with van der Waals surface area (Å²) in [6.07, 6.45) is 18.5. The van der Waals surface area contributed by atoms with E-state index in [1.54, 1.807) is 0 Å². The van der Waals surface area contributed by atoms with Crippen LogP contribution in [0.1, 0.15) is 25.3 Å². The fourth-order valence-electron chi connectivity index (χ4n) is 9.65. The summed E-state index contributed by atoms with van der Waals surface area (Å²) in [6, 6.07) is 62.4. The van der Waals surface area contributed by atoms with Crippen LogP contribution in [0.15, 0.2) is 218 Å². The van der Waals surface area contributed by atoms with Gasteiger partial charge < -0.3 is 9.13 Å². The number of fused-ring (bicyclic) bond motifs is 6. The van der Waals surface area contributed by atoms with Crippen molar-refractivity contribution in [3.8, 4) is 27.9 Å². The molecule has 0 aliphatic heterocycles. The first kappa shape index (κ1) is 35.0. The molecule has 0 bridgehead atoms. The highest BCUT2D eigenvalue weighted by molar-refractivity contribution is 6.16. The van der Waals surface area contributed by atoms with Crippen LogP contribution in [-0.2, 0) is 0 Å². The van der Waals surface area contributed by atoms with Crippen LogP contribution < -0.4 is 0 Å². The van der Waals surface area contributed by atoms with Gasteiger partial charge in [0.05, 0.1) is 22.1 Å². The Bertz CT molecular complexity index is 3220. The molecule has 59 heavy (non-hydrogen) atoms. The lowest BCUT2D eigenvalue weighted by atomic mass is 9.90. The van der Waals surface area contributed by atoms with Gasteiger partial charge in [-0.15, -0.1) is 0 Å². The number of nitrogens with zero attached hydrogens (tertiary/aromatic N) is 2. The number of para-hydroxylation sites is 3. The zero-order valence-corrected chi connectivity index (χ0v) is 33.2. The van der Waals surface area contributed by atoms with Gasteiger partial charge in [-0.2, -0.15) is 0 Å². The topological polar surface area (TPSA) is 9.86 Å². The lowest BCUT2D eigenvalue weighted by molar-refractivity contribution is 0.755. The van der Waals surface area contributed by atoms with Crippen LogP contribution in [0.25, 0.3) is 82.8 Å². The highest BCUT2D eigenvalue weighted by Crippen LogP contribution is 2.44. The number of rotatable bonds is 7. The zero-order valence-electron chi connectivity index (χ0n) is 33.2. The largest absolute Gasteiger partial charge is 0.312 e. The molecule has 2 heteroatoms. The van der Waals surface area contributed by atoms with Crippen LogP contribution >= 0.6 is 0 Å². The molecule has 7 aromatic carbocycles. The van der Waals surface area contributed by atoms with Crippen LogP contribution in [0.2, 0.25) is 0 Å². The van der Waals surface area contributed by atoms with E-state index in [4.69, 9.17) is 0 Å². The van der Waals surface area contributed by atoms with E-state index in [0.29, 0.717) is 5.92 Å². The summed E-state index contributed by atoms with van der Waals surface area (Å²) in [6.45, 7) is 2.33. The smallest absolute Gasteiger partial charge is 0.0616 e. The van der Waals surface area contributed by atoms with Gasteiger partial charge in [0, 0.05) is 50.3 Å². The van der Waals surface area contributed by atoms with Crippen molar-refractivity contribution in [2.45, 2.75) is 19.8 Å². The molecule has 0 amide bonds. The van der Waals surface area contributed by atoms with Gasteiger partial charge in [0.1, 0.15) is 0 Å². The van der Waals surface area contributed by atoms with E-state index in [-0.39, 0.29) is 5.92 Å². The molecular weight excluding hydrogens is 713 g/mol. The molecule has 0 saturated heterocycles. The molecular formula is C57H44N2. The average molecular weight is 757 g/mol. The summed E-state index contributed by atoms with van der Waals surface area (Å²) in [7, 11) is 0. The number of hydrogen-bond donors (Lipinski definition) is 0. The maximum absolute atomic E-state index is 2.61. The highest BCUT2D eigenvalue weighted by Gasteiger charge is 2.26. The summed E-state index contributed by atoms with van der Waals surface area (Å²) in [4.78, 5) is 0. The predicted molar refractivity (Wildman–Crippen MR) is 252 cm³/mol. The lowest BCUT2D eigenvalue weighted by Crippen LogP contribution is -2.09. The van der Waals surface area contributed by atoms with Crippen molar-refractivity contribution in [2.24, 2.45) is 11.8 Å². The standard InChI is InChI=1S/C57H44N2/c1-2-39-34-45(41-20-8-4-9-21-41)35-46(42-22-10-5-11-23-42)38-55(39)59-54-31-15-13-27-50(54)52-29-17-28-48(57(52)59)44-32-33-51-49-26-12-14-30-53(49)58(56(51)37-44)47-25-16-24-43(36-47)40-18-6-3-7-19-40/h3-22,24-39,42H,2,23H2,1H3. The van der Waals surface area contributed by atoms with E-state index in [1.807, 2.05) is 0 Å². The predicted octanol–water partition coefficient (Wildman–Crippen LogP) is 15.2. The summed E-state index contributed by atoms with van der Waals surface area (Å²) in [5.41, 5.74) is 16.1. The van der Waals surface area contributed by atoms with Crippen molar-refractivity contribution >= 4 is 54.9 Å². The maximum atomic E-state index is 2.61. The van der Waals surface area contributed by atoms with Crippen molar-refractivity contribution in [3.05, 3.63) is 224 Å². The molecule has 2 aliphatic carbocycles. The Labute approximate surface area is 345 Å². The summed E-state index contributed by atoms with van der Waals surface area (Å²) < 4.78 is 5.06. The van der Waals surface area contributed by atoms with E-state index >= 15 is 0 Å². The first-order chi connectivity index (χ1) is 29.2. The van der Waals surface area contributed by atoms with Gasteiger partial charge in [-0.25, -0.2) is 0 Å². The molecule has 0 fully saturated rings. The van der Waals surface area contributed by atoms with Crippen molar-refractivity contribution < 1.29 is 0 Å². The third-order valence-corrected chi connectivity index (χ3v) is 12.5. The van der Waals surface area contributed by atoms with Gasteiger partial charge in [-0.05, 0) is 82.6 Å². The van der Waals surface area contributed by atoms with E-state index in [1.165, 1.54) is 88.3 Å². The molecule has 282 valence electrons. The zero-order chi connectivity index (χ0) is 39.3. The Balaban J connectivity index is 1.16. The molecule has 2 aliphatic rings. The average Bonchev–Trinajstić information content (AvgIpc) is 3.74. The minimum absolute atomic E-state index is 0.191. The quantitative estimate of drug-likeness (QED) is 0.153. The molecule has 11 rings (SSSR count). The number of hydrogen-bond acceptors (Lipinski definition) is 0. The van der Waals surface area contributed by atoms with Gasteiger partial charge in [0.2, 0.25) is 0 Å². The van der Waals surface area contributed by atoms with Gasteiger partial charge in [-0.1, -0.05) is 183 Å². The minimum Gasteiger partial charge on any atom is -0.312 e. The van der Waals surface area contributed by atoms with E-state index < -0.39 is 0 Å². The van der Waals surface area contributed by atoms with Gasteiger partial charge in [0.15, 0.2) is 0 Å². The lowest BCUT2D eigenvalue weighted by Gasteiger charge is -2.22. The number of aromatic nitrogens is 2. The minimum atomic E-state index is 0.191. The monoisotopic (exact) mass is 756 g/mol. The molecule has 9 aromatic rings. The first-order valence-electron chi connectivity index (χ1n) is 21.0. The Hall–Kier alpha value is -7.16. The summed E-state index contributed by atoms with van der Waals surface area (Å²) in [5.74, 6) is 0.492. The second-order valence-corrected chi connectivity index (χ2v) is 15.9. The fraction of sp³-hybridized carbons (Fsp3) is 0.0877. The Morgan fingerprint density at radius 2 is 1.17 bits per heavy atom. The SMILES string of the molecule is CCC1C=C(c2ccccc2)C=C(C2C=CC=CC2)C=C1n1c2ccccc2c2cccc(-c3ccc4c5ccccc5n(-c5cccc(-c6ccccc6)c5)c4c3)c21. The van der Waals surface area contributed by atoms with Crippen molar-refractivity contribution in [1.82, 2.24) is 9.13 Å². The molecule has 0 saturated carbocycles. The summed E-state index contributed by atoms with van der Waals surface area (Å²) >= 11 is 0. The van der Waals surface area contributed by atoms with Crippen LogP contribution in [0, 0.1) is 11.8 Å². The first-order valence-corrected chi connectivity index (χ1v) is 21.0. The molecule has 2 heterocycles. The molecule has 0 spiro atoms. The van der Waals surface area contributed by atoms with Gasteiger partial charge in [-0.3, -0.25) is 0 Å². The number of allylic oxidation sites excluding steroid dienone is 10. The van der Waals surface area contributed by atoms with Crippen molar-refractivity contribution in [1.29, 1.82) is 0 Å². The third kappa shape index (κ3) is 6.03. The molecule has 2 aromatic heterocycles. The molecule has 2 nitrogen and oxygen atoms in total. The number of benzene rings is 7.